The van der Waals surface area contributed by atoms with Crippen molar-refractivity contribution in [1.29, 1.82) is 0 Å². The fourth-order valence-corrected chi connectivity index (χ4v) is 3.38. The van der Waals surface area contributed by atoms with Crippen LogP contribution in [0.4, 0.5) is 16.2 Å². The van der Waals surface area contributed by atoms with E-state index in [4.69, 9.17) is 10.5 Å². The van der Waals surface area contributed by atoms with E-state index >= 15 is 0 Å². The molecule has 1 aromatic heterocycles. The number of nitrogens with zero attached hydrogens (tertiary/aromatic N) is 1. The molecule has 3 amide bonds. The monoisotopic (exact) mass is 477 g/mol. The number of nitrogens with one attached hydrogen (secondary N) is 3. The van der Waals surface area contributed by atoms with Gasteiger partial charge < -0.3 is 26.4 Å². The van der Waals surface area contributed by atoms with Crippen LogP contribution in [0.1, 0.15) is 54.3 Å². The highest BCUT2D eigenvalue weighted by Crippen LogP contribution is 2.29. The van der Waals surface area contributed by atoms with Crippen LogP contribution in [-0.4, -0.2) is 41.6 Å². The van der Waals surface area contributed by atoms with Crippen molar-refractivity contribution in [2.75, 3.05) is 18.4 Å². The van der Waals surface area contributed by atoms with E-state index in [-0.39, 0.29) is 11.5 Å². The summed E-state index contributed by atoms with van der Waals surface area (Å²) in [5.74, 6) is -0.866. The van der Waals surface area contributed by atoms with E-state index in [1.165, 1.54) is 6.20 Å². The number of carbonyl (C=O) groups excluding carboxylic acids is 3. The standard InChI is InChI=1S/C26H31N5O4/c1-26(2,3)35-25(34)29-14-8-7-13-28-24(33)17-11-12-21-19(15-17)22(20(16-30-21)23(27)32)31-18-9-5-4-6-10-18/h4-6,9-12,15-16H,7-8,13-14H2,1-3H3,(H2,27,32)(H,28,33)(H,29,34)(H,30,31). The molecule has 0 aliphatic carbocycles. The maximum Gasteiger partial charge on any atom is 0.407 e. The molecule has 2 aromatic carbocycles. The molecule has 0 aliphatic rings. The SMILES string of the molecule is CC(C)(C)OC(=O)NCCCCNC(=O)c1ccc2ncc(C(N)=O)c(Nc3ccccc3)c2c1. The number of ether oxygens (including phenoxy) is 1. The first-order valence-electron chi connectivity index (χ1n) is 11.4. The molecule has 184 valence electrons. The Kier molecular flexibility index (Phi) is 8.25. The number of nitrogens with two attached hydrogens (primary N) is 1. The first-order chi connectivity index (χ1) is 16.6. The van der Waals surface area contributed by atoms with E-state index in [9.17, 15) is 14.4 Å². The third-order valence-electron chi connectivity index (χ3n) is 5.00. The summed E-state index contributed by atoms with van der Waals surface area (Å²) in [5, 5.41) is 9.42. The Morgan fingerprint density at radius 3 is 2.31 bits per heavy atom. The van der Waals surface area contributed by atoms with Crippen molar-refractivity contribution in [2.24, 2.45) is 5.73 Å². The number of amides is 3. The maximum atomic E-state index is 12.7. The van der Waals surface area contributed by atoms with Crippen molar-refractivity contribution < 1.29 is 19.1 Å². The Hall–Kier alpha value is -4.14. The van der Waals surface area contributed by atoms with Crippen LogP contribution >= 0.6 is 0 Å². The molecule has 0 radical (unpaired) electrons. The largest absolute Gasteiger partial charge is 0.444 e. The highest BCUT2D eigenvalue weighted by Gasteiger charge is 2.17. The van der Waals surface area contributed by atoms with Crippen molar-refractivity contribution in [3.63, 3.8) is 0 Å². The molecule has 3 aromatic rings. The van der Waals surface area contributed by atoms with E-state index in [1.807, 2.05) is 30.3 Å². The van der Waals surface area contributed by atoms with E-state index in [0.29, 0.717) is 48.1 Å². The number of hydrogen-bond acceptors (Lipinski definition) is 6. The van der Waals surface area contributed by atoms with Gasteiger partial charge in [-0.25, -0.2) is 4.79 Å². The number of benzene rings is 2. The number of pyridine rings is 1. The smallest absolute Gasteiger partial charge is 0.407 e. The molecule has 0 fully saturated rings. The molecule has 3 rings (SSSR count). The Balaban J connectivity index is 1.65. The number of primary amides is 1. The molecule has 1 heterocycles. The van der Waals surface area contributed by atoms with Gasteiger partial charge in [-0.1, -0.05) is 18.2 Å². The number of carbonyl (C=O) groups is 3. The van der Waals surface area contributed by atoms with Crippen LogP contribution in [0, 0.1) is 0 Å². The van der Waals surface area contributed by atoms with Crippen LogP contribution < -0.4 is 21.7 Å². The molecule has 0 saturated heterocycles. The third-order valence-corrected chi connectivity index (χ3v) is 5.00. The zero-order valence-electron chi connectivity index (χ0n) is 20.2. The summed E-state index contributed by atoms with van der Waals surface area (Å²) in [4.78, 5) is 40.8. The molecule has 5 N–H and O–H groups in total. The highest BCUT2D eigenvalue weighted by molar-refractivity contribution is 6.09. The Morgan fingerprint density at radius 2 is 1.66 bits per heavy atom. The van der Waals surface area contributed by atoms with Gasteiger partial charge in [-0.05, 0) is 63.9 Å². The number of para-hydroxylation sites is 1. The van der Waals surface area contributed by atoms with E-state index < -0.39 is 17.6 Å². The van der Waals surface area contributed by atoms with Gasteiger partial charge in [0, 0.05) is 35.9 Å². The summed E-state index contributed by atoms with van der Waals surface area (Å²) >= 11 is 0. The van der Waals surface area contributed by atoms with Crippen LogP contribution in [0.3, 0.4) is 0 Å². The third kappa shape index (κ3) is 7.43. The molecule has 0 aliphatic heterocycles. The van der Waals surface area contributed by atoms with Gasteiger partial charge in [0.25, 0.3) is 11.8 Å². The first kappa shape index (κ1) is 25.5. The number of aromatic nitrogens is 1. The van der Waals surface area contributed by atoms with E-state index in [2.05, 4.69) is 20.9 Å². The summed E-state index contributed by atoms with van der Waals surface area (Å²) < 4.78 is 5.19. The summed E-state index contributed by atoms with van der Waals surface area (Å²) in [6, 6.07) is 14.5. The second-order valence-electron chi connectivity index (χ2n) is 9.03. The van der Waals surface area contributed by atoms with Crippen LogP contribution in [0.2, 0.25) is 0 Å². The Labute approximate surface area is 204 Å². The Bertz CT molecular complexity index is 1210. The summed E-state index contributed by atoms with van der Waals surface area (Å²) in [7, 11) is 0. The zero-order chi connectivity index (χ0) is 25.4. The fraction of sp³-hybridized carbons (Fsp3) is 0.308. The first-order valence-corrected chi connectivity index (χ1v) is 11.4. The predicted octanol–water partition coefficient (Wildman–Crippen LogP) is 4.11. The quantitative estimate of drug-likeness (QED) is 0.343. The predicted molar refractivity (Wildman–Crippen MR) is 136 cm³/mol. The van der Waals surface area contributed by atoms with Crippen molar-refractivity contribution in [3.05, 3.63) is 65.9 Å². The average Bonchev–Trinajstić information content (AvgIpc) is 2.80. The minimum atomic E-state index is -0.618. The van der Waals surface area contributed by atoms with Gasteiger partial charge in [-0.15, -0.1) is 0 Å². The number of rotatable bonds is 9. The van der Waals surface area contributed by atoms with Crippen molar-refractivity contribution >= 4 is 40.2 Å². The van der Waals surface area contributed by atoms with Gasteiger partial charge in [0.05, 0.1) is 16.8 Å². The van der Waals surface area contributed by atoms with Gasteiger partial charge in [0.15, 0.2) is 0 Å². The van der Waals surface area contributed by atoms with Crippen molar-refractivity contribution in [1.82, 2.24) is 15.6 Å². The summed E-state index contributed by atoms with van der Waals surface area (Å²) in [6.45, 7) is 6.32. The maximum absolute atomic E-state index is 12.7. The number of anilines is 2. The number of alkyl carbamates (subject to hydrolysis) is 1. The van der Waals surface area contributed by atoms with Crippen LogP contribution in [0.15, 0.2) is 54.7 Å². The topological polar surface area (TPSA) is 135 Å². The van der Waals surface area contributed by atoms with Crippen molar-refractivity contribution in [2.45, 2.75) is 39.2 Å². The van der Waals surface area contributed by atoms with Gasteiger partial charge in [0.1, 0.15) is 5.60 Å². The lowest BCUT2D eigenvalue weighted by molar-refractivity contribution is 0.0526. The van der Waals surface area contributed by atoms with E-state index in [1.54, 1.807) is 39.0 Å². The lowest BCUT2D eigenvalue weighted by Crippen LogP contribution is -2.33. The Morgan fingerprint density at radius 1 is 0.971 bits per heavy atom. The molecule has 0 spiro atoms. The van der Waals surface area contributed by atoms with Gasteiger partial charge in [-0.2, -0.15) is 0 Å². The second-order valence-corrected chi connectivity index (χ2v) is 9.03. The van der Waals surface area contributed by atoms with Gasteiger partial charge >= 0.3 is 6.09 Å². The van der Waals surface area contributed by atoms with Gasteiger partial charge in [0.2, 0.25) is 0 Å². The summed E-state index contributed by atoms with van der Waals surface area (Å²) in [6.07, 6.45) is 2.35. The van der Waals surface area contributed by atoms with Crippen LogP contribution in [-0.2, 0) is 4.74 Å². The van der Waals surface area contributed by atoms with Crippen LogP contribution in [0.5, 0.6) is 0 Å². The van der Waals surface area contributed by atoms with Crippen molar-refractivity contribution in [3.8, 4) is 0 Å². The molecular formula is C26H31N5O4. The molecular weight excluding hydrogens is 446 g/mol. The fourth-order valence-electron chi connectivity index (χ4n) is 3.38. The minimum absolute atomic E-state index is 0.233. The normalized spacial score (nSPS) is 11.1. The lowest BCUT2D eigenvalue weighted by Gasteiger charge is -2.19. The molecule has 35 heavy (non-hydrogen) atoms. The zero-order valence-corrected chi connectivity index (χ0v) is 20.2. The molecule has 9 heteroatoms. The number of hydrogen-bond donors (Lipinski definition) is 4. The minimum Gasteiger partial charge on any atom is -0.444 e. The number of fused-ring (bicyclic) bond motifs is 1. The molecule has 0 unspecified atom stereocenters. The number of unbranched alkanes of at least 4 members (excludes halogenated alkanes) is 1. The lowest BCUT2D eigenvalue weighted by atomic mass is 10.0. The molecule has 0 atom stereocenters. The molecule has 0 saturated carbocycles. The van der Waals surface area contributed by atoms with Crippen LogP contribution in [0.25, 0.3) is 10.9 Å². The van der Waals surface area contributed by atoms with E-state index in [0.717, 1.165) is 5.69 Å². The summed E-state index contributed by atoms with van der Waals surface area (Å²) in [5.41, 5.74) is 7.60. The molecule has 0 bridgehead atoms. The average molecular weight is 478 g/mol. The molecule has 9 nitrogen and oxygen atoms in total. The highest BCUT2D eigenvalue weighted by atomic mass is 16.6. The second kappa shape index (κ2) is 11.3. The van der Waals surface area contributed by atoms with Gasteiger partial charge in [-0.3, -0.25) is 14.6 Å².